The topological polar surface area (TPSA) is 49.9 Å². The Morgan fingerprint density at radius 1 is 1.15 bits per heavy atom. The highest BCUT2D eigenvalue weighted by atomic mass is 16.5. The molecule has 0 aliphatic carbocycles. The smallest absolute Gasteiger partial charge is 0.264 e. The molecule has 0 saturated carbocycles. The van der Waals surface area contributed by atoms with E-state index in [9.17, 15) is 9.59 Å². The molecule has 5 heteroatoms. The summed E-state index contributed by atoms with van der Waals surface area (Å²) in [5.41, 5.74) is 2.73. The average Bonchev–Trinajstić information content (AvgIpc) is 2.70. The number of carbonyl (C=O) groups excluding carboxylic acids is 2. The Morgan fingerprint density at radius 3 is 2.77 bits per heavy atom. The molecule has 2 aromatic rings. The second kappa shape index (κ2) is 8.04. The number of carbonyl (C=O) groups is 2. The molecule has 26 heavy (non-hydrogen) atoms. The molecule has 0 saturated heterocycles. The third-order valence-electron chi connectivity index (χ3n) is 4.68. The first-order valence-corrected chi connectivity index (χ1v) is 8.96. The van der Waals surface area contributed by atoms with Crippen LogP contribution in [0.25, 0.3) is 0 Å². The van der Waals surface area contributed by atoms with Crippen molar-refractivity contribution < 1.29 is 14.3 Å². The van der Waals surface area contributed by atoms with Crippen molar-refractivity contribution in [2.24, 2.45) is 0 Å². The van der Waals surface area contributed by atoms with Crippen LogP contribution in [-0.2, 0) is 11.2 Å². The van der Waals surface area contributed by atoms with Crippen molar-refractivity contribution >= 4 is 17.5 Å². The molecule has 3 rings (SSSR count). The number of fused-ring (bicyclic) bond motifs is 1. The average molecular weight is 352 g/mol. The van der Waals surface area contributed by atoms with Crippen molar-refractivity contribution in [1.29, 1.82) is 0 Å². The Morgan fingerprint density at radius 2 is 1.96 bits per heavy atom. The fourth-order valence-corrected chi connectivity index (χ4v) is 3.10. The van der Waals surface area contributed by atoms with Crippen LogP contribution in [0.2, 0.25) is 0 Å². The van der Waals surface area contributed by atoms with E-state index in [1.165, 1.54) is 5.56 Å². The Labute approximate surface area is 154 Å². The van der Waals surface area contributed by atoms with Crippen molar-refractivity contribution in [1.82, 2.24) is 4.90 Å². The number of anilines is 1. The molecule has 1 aliphatic rings. The van der Waals surface area contributed by atoms with Crippen molar-refractivity contribution in [3.05, 3.63) is 59.7 Å². The molecule has 0 atom stereocenters. The summed E-state index contributed by atoms with van der Waals surface area (Å²) in [7, 11) is 1.76. The summed E-state index contributed by atoms with van der Waals surface area (Å²) in [6, 6.07) is 15.0. The van der Waals surface area contributed by atoms with Gasteiger partial charge in [-0.15, -0.1) is 0 Å². The molecule has 0 radical (unpaired) electrons. The van der Waals surface area contributed by atoms with Gasteiger partial charge in [0.2, 0.25) is 0 Å². The first-order valence-electron chi connectivity index (χ1n) is 8.96. The van der Waals surface area contributed by atoms with Gasteiger partial charge in [-0.25, -0.2) is 0 Å². The number of ether oxygens (including phenoxy) is 1. The lowest BCUT2D eigenvalue weighted by molar-refractivity contribution is -0.120. The molecule has 2 aromatic carbocycles. The highest BCUT2D eigenvalue weighted by Gasteiger charge is 2.22. The Bertz CT molecular complexity index is 803. The molecule has 1 heterocycles. The van der Waals surface area contributed by atoms with E-state index in [0.717, 1.165) is 18.5 Å². The van der Waals surface area contributed by atoms with Gasteiger partial charge in [0.05, 0.1) is 0 Å². The van der Waals surface area contributed by atoms with E-state index in [1.807, 2.05) is 25.1 Å². The van der Waals surface area contributed by atoms with Gasteiger partial charge in [0, 0.05) is 31.4 Å². The predicted molar refractivity (Wildman–Crippen MR) is 102 cm³/mol. The fraction of sp³-hybridized carbons (Fsp3) is 0.333. The molecule has 0 bridgehead atoms. The molecule has 0 aromatic heterocycles. The number of amides is 2. The Kier molecular flexibility index (Phi) is 5.56. The quantitative estimate of drug-likeness (QED) is 0.831. The van der Waals surface area contributed by atoms with Crippen LogP contribution in [0, 0.1) is 0 Å². The number of para-hydroxylation sites is 1. The summed E-state index contributed by atoms with van der Waals surface area (Å²) in [6.07, 6.45) is 1.95. The maximum absolute atomic E-state index is 12.6. The molecule has 1 aliphatic heterocycles. The van der Waals surface area contributed by atoms with Gasteiger partial charge in [0.1, 0.15) is 5.75 Å². The van der Waals surface area contributed by atoms with Gasteiger partial charge >= 0.3 is 0 Å². The SMILES string of the molecule is CCN(C)C(=O)c1cccc(OCC(=O)N2CCCc3ccccc32)c1. The summed E-state index contributed by atoms with van der Waals surface area (Å²) in [5.74, 6) is 0.396. The van der Waals surface area contributed by atoms with Crippen LogP contribution in [0.4, 0.5) is 5.69 Å². The zero-order valence-electron chi connectivity index (χ0n) is 15.3. The second-order valence-corrected chi connectivity index (χ2v) is 6.41. The maximum atomic E-state index is 12.6. The van der Waals surface area contributed by atoms with Crippen molar-refractivity contribution in [2.75, 3.05) is 31.6 Å². The summed E-state index contributed by atoms with van der Waals surface area (Å²) < 4.78 is 5.68. The van der Waals surface area contributed by atoms with E-state index < -0.39 is 0 Å². The molecule has 0 spiro atoms. The van der Waals surface area contributed by atoms with Gasteiger partial charge in [-0.1, -0.05) is 24.3 Å². The second-order valence-electron chi connectivity index (χ2n) is 6.41. The summed E-state index contributed by atoms with van der Waals surface area (Å²) in [5, 5.41) is 0. The van der Waals surface area contributed by atoms with Crippen LogP contribution >= 0.6 is 0 Å². The molecule has 0 unspecified atom stereocenters. The van der Waals surface area contributed by atoms with E-state index in [0.29, 0.717) is 24.4 Å². The number of hydrogen-bond donors (Lipinski definition) is 0. The zero-order valence-corrected chi connectivity index (χ0v) is 15.3. The molecular weight excluding hydrogens is 328 g/mol. The standard InChI is InChI=1S/C21H24N2O3/c1-3-22(2)21(25)17-9-6-11-18(14-17)26-15-20(24)23-13-7-10-16-8-4-5-12-19(16)23/h4-6,8-9,11-12,14H,3,7,10,13,15H2,1-2H3. The van der Waals surface area contributed by atoms with Gasteiger partial charge in [0.15, 0.2) is 6.61 Å². The largest absolute Gasteiger partial charge is 0.484 e. The minimum Gasteiger partial charge on any atom is -0.484 e. The van der Waals surface area contributed by atoms with Gasteiger partial charge in [-0.2, -0.15) is 0 Å². The highest BCUT2D eigenvalue weighted by molar-refractivity contribution is 5.96. The van der Waals surface area contributed by atoms with Crippen molar-refractivity contribution in [2.45, 2.75) is 19.8 Å². The van der Waals surface area contributed by atoms with Gasteiger partial charge in [-0.05, 0) is 49.6 Å². The zero-order chi connectivity index (χ0) is 18.5. The van der Waals surface area contributed by atoms with Crippen LogP contribution in [0.1, 0.15) is 29.3 Å². The van der Waals surface area contributed by atoms with Gasteiger partial charge < -0.3 is 14.5 Å². The lowest BCUT2D eigenvalue weighted by Crippen LogP contribution is -2.38. The van der Waals surface area contributed by atoms with Crippen molar-refractivity contribution in [3.63, 3.8) is 0 Å². The maximum Gasteiger partial charge on any atom is 0.264 e. The molecule has 0 fully saturated rings. The molecule has 2 amide bonds. The van der Waals surface area contributed by atoms with Crippen LogP contribution in [-0.4, -0.2) is 43.5 Å². The monoisotopic (exact) mass is 352 g/mol. The number of benzene rings is 2. The van der Waals surface area contributed by atoms with Crippen LogP contribution in [0.3, 0.4) is 0 Å². The van der Waals surface area contributed by atoms with Crippen LogP contribution < -0.4 is 9.64 Å². The van der Waals surface area contributed by atoms with Crippen molar-refractivity contribution in [3.8, 4) is 5.75 Å². The lowest BCUT2D eigenvalue weighted by Gasteiger charge is -2.29. The van der Waals surface area contributed by atoms with E-state index in [2.05, 4.69) is 6.07 Å². The first-order chi connectivity index (χ1) is 12.6. The first kappa shape index (κ1) is 18.0. The van der Waals surface area contributed by atoms with Crippen LogP contribution in [0.5, 0.6) is 5.75 Å². The fourth-order valence-electron chi connectivity index (χ4n) is 3.10. The lowest BCUT2D eigenvalue weighted by atomic mass is 10.0. The van der Waals surface area contributed by atoms with Gasteiger partial charge in [-0.3, -0.25) is 9.59 Å². The number of hydrogen-bond acceptors (Lipinski definition) is 3. The van der Waals surface area contributed by atoms with Gasteiger partial charge in [0.25, 0.3) is 11.8 Å². The Balaban J connectivity index is 1.67. The van der Waals surface area contributed by atoms with E-state index in [-0.39, 0.29) is 18.4 Å². The number of nitrogens with zero attached hydrogens (tertiary/aromatic N) is 2. The minimum atomic E-state index is -0.0699. The molecular formula is C21H24N2O3. The number of aryl methyl sites for hydroxylation is 1. The summed E-state index contributed by atoms with van der Waals surface area (Å²) in [4.78, 5) is 28.3. The molecule has 0 N–H and O–H groups in total. The van der Waals surface area contributed by atoms with E-state index in [1.54, 1.807) is 41.1 Å². The number of rotatable bonds is 5. The van der Waals surface area contributed by atoms with Crippen LogP contribution in [0.15, 0.2) is 48.5 Å². The third-order valence-corrected chi connectivity index (χ3v) is 4.68. The minimum absolute atomic E-state index is 0.0460. The molecule has 5 nitrogen and oxygen atoms in total. The summed E-state index contributed by atoms with van der Waals surface area (Å²) >= 11 is 0. The Hall–Kier alpha value is -2.82. The van der Waals surface area contributed by atoms with E-state index >= 15 is 0 Å². The summed E-state index contributed by atoms with van der Waals surface area (Å²) in [6.45, 7) is 3.22. The predicted octanol–water partition coefficient (Wildman–Crippen LogP) is 3.14. The normalized spacial score (nSPS) is 13.1. The third kappa shape index (κ3) is 3.87. The highest BCUT2D eigenvalue weighted by Crippen LogP contribution is 2.26. The van der Waals surface area contributed by atoms with E-state index in [4.69, 9.17) is 4.74 Å². The molecule has 136 valence electrons.